The Bertz CT molecular complexity index is 610. The van der Waals surface area contributed by atoms with E-state index < -0.39 is 10.9 Å². The molecule has 1 rings (SSSR count). The molecule has 0 heterocycles. The first-order valence-corrected chi connectivity index (χ1v) is 6.88. The minimum absolute atomic E-state index is 0.0293. The maximum atomic E-state index is 11.8. The van der Waals surface area contributed by atoms with Gasteiger partial charge in [-0.05, 0) is 0 Å². The molecular formula is C12H11N3O4W. The Kier molecular flexibility index (Phi) is 5.93. The number of carbonyl (C=O) groups is 1. The van der Waals surface area contributed by atoms with Gasteiger partial charge in [-0.15, -0.1) is 0 Å². The van der Waals surface area contributed by atoms with Gasteiger partial charge in [0.2, 0.25) is 0 Å². The molecule has 0 amide bonds. The van der Waals surface area contributed by atoms with Crippen LogP contribution in [0.2, 0.25) is 0 Å². The summed E-state index contributed by atoms with van der Waals surface area (Å²) < 4.78 is 5.14. The van der Waals surface area contributed by atoms with Gasteiger partial charge in [0, 0.05) is 0 Å². The monoisotopic (exact) mass is 445 g/mol. The van der Waals surface area contributed by atoms with Gasteiger partial charge in [-0.1, -0.05) is 0 Å². The Morgan fingerprint density at radius 1 is 1.50 bits per heavy atom. The van der Waals surface area contributed by atoms with Crippen LogP contribution in [0.1, 0.15) is 6.92 Å². The number of amidine groups is 1. The summed E-state index contributed by atoms with van der Waals surface area (Å²) in [6.45, 7) is 1.75. The van der Waals surface area contributed by atoms with E-state index in [0.29, 0.717) is 0 Å². The van der Waals surface area contributed by atoms with Crippen molar-refractivity contribution in [1.29, 1.82) is 0 Å². The van der Waals surface area contributed by atoms with Crippen LogP contribution in [0.5, 0.6) is 5.75 Å². The summed E-state index contributed by atoms with van der Waals surface area (Å²) in [5.41, 5.74) is 5.32. The number of hydrogen-bond donors (Lipinski definition) is 1. The quantitative estimate of drug-likeness (QED) is 0.183. The first kappa shape index (κ1) is 15.9. The van der Waals surface area contributed by atoms with Crippen molar-refractivity contribution in [3.63, 3.8) is 0 Å². The Balaban J connectivity index is 2.92. The second-order valence-corrected chi connectivity index (χ2v) is 4.91. The van der Waals surface area contributed by atoms with E-state index in [4.69, 9.17) is 10.5 Å². The number of nitro benzene ring substituents is 1. The summed E-state index contributed by atoms with van der Waals surface area (Å²) in [6.07, 6.45) is 3.10. The molecule has 2 N–H and O–H groups in total. The Morgan fingerprint density at radius 2 is 2.15 bits per heavy atom. The van der Waals surface area contributed by atoms with Crippen LogP contribution in [-0.2, 0) is 24.1 Å². The van der Waals surface area contributed by atoms with E-state index in [1.807, 2.05) is 0 Å². The molecule has 0 unspecified atom stereocenters. The third-order valence-corrected chi connectivity index (χ3v) is 3.40. The number of para-hydroxylation sites is 2. The van der Waals surface area contributed by atoms with Gasteiger partial charge in [0.1, 0.15) is 0 Å². The summed E-state index contributed by atoms with van der Waals surface area (Å²) in [6, 6.07) is 5.62. The number of allylic oxidation sites excluding steroid dienone is 1. The van der Waals surface area contributed by atoms with Gasteiger partial charge in [0.05, 0.1) is 0 Å². The summed E-state index contributed by atoms with van der Waals surface area (Å²) >= 11 is 0.759. The van der Waals surface area contributed by atoms with E-state index in [1.165, 1.54) is 30.5 Å². The van der Waals surface area contributed by atoms with Gasteiger partial charge in [-0.3, -0.25) is 0 Å². The third kappa shape index (κ3) is 4.20. The summed E-state index contributed by atoms with van der Waals surface area (Å²) in [5, 5.41) is 10.8. The molecule has 0 aromatic heterocycles. The standard InChI is InChI=1S/C12H11N3O4.W/c1-2-7-14-11(13)8-12(16)19-10-6-4-3-5-9(10)15(17)18;/h2-7H,1H3,(H2,13,14);. The SMILES string of the molecule is CC=CN=C(N)[C](=[W])C(=O)Oc1ccccc1[N+](=O)[O-]. The molecule has 0 aliphatic rings. The molecule has 20 heavy (non-hydrogen) atoms. The second kappa shape index (κ2) is 7.45. The fourth-order valence-electron chi connectivity index (χ4n) is 1.16. The fourth-order valence-corrected chi connectivity index (χ4v) is 1.50. The van der Waals surface area contributed by atoms with Crippen LogP contribution in [0.15, 0.2) is 41.5 Å². The number of hydrogen-bond acceptors (Lipinski definition) is 5. The number of nitro groups is 1. The number of benzene rings is 1. The van der Waals surface area contributed by atoms with E-state index >= 15 is 0 Å². The predicted molar refractivity (Wildman–Crippen MR) is 70.2 cm³/mol. The molecule has 7 nitrogen and oxygen atoms in total. The first-order chi connectivity index (χ1) is 9.47. The molecular weight excluding hydrogens is 434 g/mol. The molecule has 1 aromatic rings. The Hall–Kier alpha value is -2.14. The van der Waals surface area contributed by atoms with E-state index in [9.17, 15) is 14.9 Å². The number of nitrogens with two attached hydrogens (primary N) is 1. The van der Waals surface area contributed by atoms with Gasteiger partial charge in [0.25, 0.3) is 0 Å². The third-order valence-electron chi connectivity index (χ3n) is 2.05. The number of rotatable bonds is 5. The topological polar surface area (TPSA) is 108 Å². The van der Waals surface area contributed by atoms with Crippen LogP contribution < -0.4 is 10.5 Å². The molecule has 0 spiro atoms. The van der Waals surface area contributed by atoms with Crippen molar-refractivity contribution in [2.45, 2.75) is 6.92 Å². The fraction of sp³-hybridized carbons (Fsp3) is 0.0833. The van der Waals surface area contributed by atoms with E-state index in [-0.39, 0.29) is 21.2 Å². The molecule has 0 aliphatic heterocycles. The average Bonchev–Trinajstić information content (AvgIpc) is 2.44. The van der Waals surface area contributed by atoms with Gasteiger partial charge in [-0.25, -0.2) is 0 Å². The van der Waals surface area contributed by atoms with Crippen LogP contribution >= 0.6 is 0 Å². The van der Waals surface area contributed by atoms with E-state index in [2.05, 4.69) is 4.99 Å². The number of ether oxygens (including phenoxy) is 1. The van der Waals surface area contributed by atoms with Crippen molar-refractivity contribution in [2.24, 2.45) is 10.7 Å². The first-order valence-electron chi connectivity index (χ1n) is 5.41. The van der Waals surface area contributed by atoms with E-state index in [1.54, 1.807) is 13.0 Å². The molecule has 0 atom stereocenters. The summed E-state index contributed by atoms with van der Waals surface area (Å²) in [4.78, 5) is 25.9. The number of aliphatic imine (C=N–C) groups is 1. The minimum atomic E-state index is -0.750. The van der Waals surface area contributed by atoms with Crippen molar-refractivity contribution in [3.05, 3.63) is 46.7 Å². The van der Waals surface area contributed by atoms with Gasteiger partial charge in [0.15, 0.2) is 0 Å². The Morgan fingerprint density at radius 3 is 2.75 bits per heavy atom. The zero-order valence-corrected chi connectivity index (χ0v) is 13.4. The molecule has 8 heteroatoms. The van der Waals surface area contributed by atoms with Gasteiger partial charge >= 0.3 is 125 Å². The Labute approximate surface area is 125 Å². The maximum absolute atomic E-state index is 11.8. The zero-order chi connectivity index (χ0) is 15.1. The van der Waals surface area contributed by atoms with Crippen LogP contribution in [0.3, 0.4) is 0 Å². The normalized spacial score (nSPS) is 11.3. The van der Waals surface area contributed by atoms with Crippen molar-refractivity contribution in [1.82, 2.24) is 0 Å². The van der Waals surface area contributed by atoms with Crippen molar-refractivity contribution in [3.8, 4) is 5.75 Å². The van der Waals surface area contributed by atoms with Gasteiger partial charge in [-0.2, -0.15) is 0 Å². The van der Waals surface area contributed by atoms with E-state index in [0.717, 1.165) is 19.4 Å². The average molecular weight is 445 g/mol. The number of carbonyl (C=O) groups excluding carboxylic acids is 1. The molecule has 0 radical (unpaired) electrons. The molecule has 0 fully saturated rings. The molecule has 0 saturated heterocycles. The zero-order valence-electron chi connectivity index (χ0n) is 10.5. The van der Waals surface area contributed by atoms with Crippen molar-refractivity contribution >= 4 is 21.4 Å². The van der Waals surface area contributed by atoms with Crippen LogP contribution in [-0.4, -0.2) is 20.6 Å². The van der Waals surface area contributed by atoms with Gasteiger partial charge < -0.3 is 0 Å². The van der Waals surface area contributed by atoms with Crippen LogP contribution in [0, 0.1) is 10.1 Å². The molecule has 0 bridgehead atoms. The molecule has 104 valence electrons. The predicted octanol–water partition coefficient (Wildman–Crippen LogP) is 1.11. The summed E-state index contributed by atoms with van der Waals surface area (Å²) in [5.74, 6) is -0.846. The second-order valence-electron chi connectivity index (χ2n) is 3.44. The number of esters is 1. The molecule has 0 saturated carbocycles. The number of nitrogens with zero attached hydrogens (tertiary/aromatic N) is 2. The van der Waals surface area contributed by atoms with Crippen molar-refractivity contribution < 1.29 is 33.8 Å². The van der Waals surface area contributed by atoms with Crippen LogP contribution in [0.25, 0.3) is 0 Å². The van der Waals surface area contributed by atoms with Crippen LogP contribution in [0.4, 0.5) is 5.69 Å². The van der Waals surface area contributed by atoms with Crippen molar-refractivity contribution in [2.75, 3.05) is 0 Å². The summed E-state index contributed by atoms with van der Waals surface area (Å²) in [7, 11) is 0. The molecule has 0 aliphatic carbocycles. The molecule has 1 aromatic carbocycles.